The Hall–Kier alpha value is -4.20. The molecule has 0 bridgehead atoms. The summed E-state index contributed by atoms with van der Waals surface area (Å²) in [6.45, 7) is 1.51. The number of primary amides is 1. The van der Waals surface area contributed by atoms with Gasteiger partial charge in [0.1, 0.15) is 11.8 Å². The Morgan fingerprint density at radius 3 is 2.38 bits per heavy atom. The van der Waals surface area contributed by atoms with Crippen LogP contribution in [0.2, 0.25) is 0 Å². The first kappa shape index (κ1) is 21.0. The van der Waals surface area contributed by atoms with Crippen molar-refractivity contribution in [2.75, 3.05) is 6.61 Å². The number of benzene rings is 2. The average Bonchev–Trinajstić information content (AvgIpc) is 3.48. The predicted molar refractivity (Wildman–Crippen MR) is 116 cm³/mol. The van der Waals surface area contributed by atoms with Crippen molar-refractivity contribution < 1.29 is 23.5 Å². The fraction of sp³-hybridized carbons (Fsp3) is 0.167. The Kier molecular flexibility index (Phi) is 5.85. The Morgan fingerprint density at radius 2 is 1.75 bits per heavy atom. The van der Waals surface area contributed by atoms with E-state index in [0.29, 0.717) is 12.2 Å². The second-order valence-electron chi connectivity index (χ2n) is 7.40. The lowest BCUT2D eigenvalue weighted by molar-refractivity contribution is -0.136. The number of carbonyl (C=O) groups excluding carboxylic acids is 3. The predicted octanol–water partition coefficient (Wildman–Crippen LogP) is 3.22. The standard InChI is InChI=1S/C24H21N3O5/c1-15-4-6-16(7-5-15)19-13-20(21-3-2-12-31-21)27(26-19)22(28)14-32-24(30)18-10-8-17(9-11-18)23(25)29/h2-12,20H,13-14H2,1H3,(H2,25,29). The lowest BCUT2D eigenvalue weighted by Gasteiger charge is -2.19. The number of aryl methyl sites for hydroxylation is 1. The summed E-state index contributed by atoms with van der Waals surface area (Å²) < 4.78 is 10.7. The van der Waals surface area contributed by atoms with Crippen molar-refractivity contribution in [1.29, 1.82) is 0 Å². The first-order chi connectivity index (χ1) is 15.4. The van der Waals surface area contributed by atoms with E-state index >= 15 is 0 Å². The molecule has 0 aliphatic carbocycles. The number of amides is 2. The molecule has 0 fully saturated rings. The van der Waals surface area contributed by atoms with Gasteiger partial charge in [-0.25, -0.2) is 9.80 Å². The Balaban J connectivity index is 1.48. The van der Waals surface area contributed by atoms with Crippen molar-refractivity contribution >= 4 is 23.5 Å². The Bertz CT molecular complexity index is 1170. The number of rotatable bonds is 6. The van der Waals surface area contributed by atoms with Crippen molar-refractivity contribution in [1.82, 2.24) is 5.01 Å². The molecular formula is C24H21N3O5. The zero-order valence-corrected chi connectivity index (χ0v) is 17.4. The zero-order chi connectivity index (χ0) is 22.7. The second-order valence-corrected chi connectivity index (χ2v) is 7.40. The minimum Gasteiger partial charge on any atom is -0.467 e. The van der Waals surface area contributed by atoms with Crippen LogP contribution in [0.15, 0.2) is 76.4 Å². The van der Waals surface area contributed by atoms with Crippen LogP contribution in [0, 0.1) is 6.92 Å². The highest BCUT2D eigenvalue weighted by Gasteiger charge is 2.35. The van der Waals surface area contributed by atoms with Gasteiger partial charge >= 0.3 is 5.97 Å². The van der Waals surface area contributed by atoms with Gasteiger partial charge in [0.05, 0.1) is 17.5 Å². The minimum atomic E-state index is -0.689. The molecule has 2 N–H and O–H groups in total. The highest BCUT2D eigenvalue weighted by atomic mass is 16.5. The number of hydrazone groups is 1. The molecule has 1 aliphatic heterocycles. The monoisotopic (exact) mass is 431 g/mol. The average molecular weight is 431 g/mol. The molecule has 1 aromatic heterocycles. The number of ether oxygens (including phenoxy) is 1. The van der Waals surface area contributed by atoms with E-state index in [2.05, 4.69) is 5.10 Å². The van der Waals surface area contributed by atoms with Crippen LogP contribution in [0.1, 0.15) is 50.1 Å². The number of hydrogen-bond donors (Lipinski definition) is 1. The maximum atomic E-state index is 12.9. The van der Waals surface area contributed by atoms with Crippen LogP contribution in [-0.2, 0) is 9.53 Å². The molecule has 2 heterocycles. The fourth-order valence-electron chi connectivity index (χ4n) is 3.41. The minimum absolute atomic E-state index is 0.204. The number of carbonyl (C=O) groups is 3. The van der Waals surface area contributed by atoms with Crippen molar-refractivity contribution in [3.63, 3.8) is 0 Å². The maximum absolute atomic E-state index is 12.9. The first-order valence-corrected chi connectivity index (χ1v) is 9.99. The van der Waals surface area contributed by atoms with E-state index in [1.54, 1.807) is 12.1 Å². The summed E-state index contributed by atoms with van der Waals surface area (Å²) in [4.78, 5) is 36.4. The fourth-order valence-corrected chi connectivity index (χ4v) is 3.41. The largest absolute Gasteiger partial charge is 0.467 e. The summed E-state index contributed by atoms with van der Waals surface area (Å²) >= 11 is 0. The normalized spacial score (nSPS) is 15.3. The molecule has 1 aliphatic rings. The van der Waals surface area contributed by atoms with Crippen LogP contribution in [0.25, 0.3) is 0 Å². The van der Waals surface area contributed by atoms with E-state index in [-0.39, 0.29) is 11.1 Å². The molecule has 0 saturated heterocycles. The smallest absolute Gasteiger partial charge is 0.338 e. The third-order valence-corrected chi connectivity index (χ3v) is 5.15. The van der Waals surface area contributed by atoms with Gasteiger partial charge in [-0.3, -0.25) is 9.59 Å². The molecule has 8 nitrogen and oxygen atoms in total. The number of nitrogens with zero attached hydrogens (tertiary/aromatic N) is 2. The number of esters is 1. The first-order valence-electron chi connectivity index (χ1n) is 9.99. The molecule has 1 atom stereocenters. The van der Waals surface area contributed by atoms with E-state index in [9.17, 15) is 14.4 Å². The summed E-state index contributed by atoms with van der Waals surface area (Å²) in [7, 11) is 0. The molecule has 8 heteroatoms. The molecule has 4 rings (SSSR count). The molecular weight excluding hydrogens is 410 g/mol. The van der Waals surface area contributed by atoms with Gasteiger partial charge in [0, 0.05) is 12.0 Å². The highest BCUT2D eigenvalue weighted by molar-refractivity contribution is 6.03. The van der Waals surface area contributed by atoms with E-state index in [1.807, 2.05) is 31.2 Å². The van der Waals surface area contributed by atoms with Crippen LogP contribution < -0.4 is 5.73 Å². The molecule has 0 saturated carbocycles. The van der Waals surface area contributed by atoms with Crippen molar-refractivity contribution in [3.05, 3.63) is 94.9 Å². The van der Waals surface area contributed by atoms with Crippen molar-refractivity contribution in [2.24, 2.45) is 10.8 Å². The van der Waals surface area contributed by atoms with Gasteiger partial charge in [0.15, 0.2) is 6.61 Å². The van der Waals surface area contributed by atoms with E-state index in [1.165, 1.54) is 35.5 Å². The van der Waals surface area contributed by atoms with Crippen LogP contribution in [0.4, 0.5) is 0 Å². The molecule has 162 valence electrons. The molecule has 0 radical (unpaired) electrons. The summed E-state index contributed by atoms with van der Waals surface area (Å²) in [5, 5.41) is 5.81. The maximum Gasteiger partial charge on any atom is 0.338 e. The lowest BCUT2D eigenvalue weighted by Crippen LogP contribution is -2.31. The van der Waals surface area contributed by atoms with Crippen LogP contribution in [0.5, 0.6) is 0 Å². The lowest BCUT2D eigenvalue weighted by atomic mass is 10.0. The summed E-state index contributed by atoms with van der Waals surface area (Å²) in [5.74, 6) is -1.17. The van der Waals surface area contributed by atoms with E-state index < -0.39 is 30.4 Å². The quantitative estimate of drug-likeness (QED) is 0.602. The van der Waals surface area contributed by atoms with Gasteiger partial charge in [-0.05, 0) is 48.9 Å². The highest BCUT2D eigenvalue weighted by Crippen LogP contribution is 2.33. The topological polar surface area (TPSA) is 115 Å². The summed E-state index contributed by atoms with van der Waals surface area (Å²) in [6, 6.07) is 16.7. The van der Waals surface area contributed by atoms with Gasteiger partial charge in [0.25, 0.3) is 5.91 Å². The molecule has 2 amide bonds. The van der Waals surface area contributed by atoms with E-state index in [4.69, 9.17) is 14.9 Å². The SMILES string of the molecule is Cc1ccc(C2=NN(C(=O)COC(=O)c3ccc(C(N)=O)cc3)C(c3ccco3)C2)cc1. The van der Waals surface area contributed by atoms with E-state index in [0.717, 1.165) is 16.8 Å². The van der Waals surface area contributed by atoms with Gasteiger partial charge in [-0.15, -0.1) is 0 Å². The van der Waals surface area contributed by atoms with Crippen LogP contribution >= 0.6 is 0 Å². The Morgan fingerprint density at radius 1 is 1.06 bits per heavy atom. The number of furan rings is 1. The second kappa shape index (κ2) is 8.89. The Labute approximate surface area is 184 Å². The molecule has 0 spiro atoms. The molecule has 1 unspecified atom stereocenters. The van der Waals surface area contributed by atoms with Gasteiger partial charge in [-0.1, -0.05) is 29.8 Å². The van der Waals surface area contributed by atoms with Gasteiger partial charge in [-0.2, -0.15) is 5.10 Å². The molecule has 2 aromatic carbocycles. The molecule has 32 heavy (non-hydrogen) atoms. The number of nitrogens with two attached hydrogens (primary N) is 1. The van der Waals surface area contributed by atoms with Gasteiger partial charge in [0.2, 0.25) is 5.91 Å². The summed E-state index contributed by atoms with van der Waals surface area (Å²) in [5.41, 5.74) is 8.45. The summed E-state index contributed by atoms with van der Waals surface area (Å²) in [6.07, 6.45) is 2.02. The van der Waals surface area contributed by atoms with Crippen molar-refractivity contribution in [3.8, 4) is 0 Å². The third-order valence-electron chi connectivity index (χ3n) is 5.15. The van der Waals surface area contributed by atoms with Crippen LogP contribution in [-0.4, -0.2) is 35.1 Å². The third kappa shape index (κ3) is 4.44. The van der Waals surface area contributed by atoms with Gasteiger partial charge < -0.3 is 14.9 Å². The zero-order valence-electron chi connectivity index (χ0n) is 17.4. The van der Waals surface area contributed by atoms with Crippen LogP contribution in [0.3, 0.4) is 0 Å². The number of hydrogen-bond acceptors (Lipinski definition) is 6. The molecule has 3 aromatic rings. The van der Waals surface area contributed by atoms with Crippen molar-refractivity contribution in [2.45, 2.75) is 19.4 Å².